The Labute approximate surface area is 172 Å². The van der Waals surface area contributed by atoms with Crippen LogP contribution in [-0.2, 0) is 4.74 Å². The number of hydrogen-bond donors (Lipinski definition) is 1. The van der Waals surface area contributed by atoms with Gasteiger partial charge in [0.1, 0.15) is 0 Å². The van der Waals surface area contributed by atoms with Crippen LogP contribution in [0.15, 0.2) is 58.8 Å². The van der Waals surface area contributed by atoms with E-state index in [1.807, 2.05) is 37.3 Å². The minimum Gasteiger partial charge on any atom is -0.369 e. The maximum Gasteiger partial charge on any atom is 0.181 e. The summed E-state index contributed by atoms with van der Waals surface area (Å²) in [6.07, 6.45) is 6.75. The zero-order valence-electron chi connectivity index (χ0n) is 17.1. The van der Waals surface area contributed by atoms with E-state index in [0.29, 0.717) is 17.9 Å². The average Bonchev–Trinajstić information content (AvgIpc) is 3.25. The van der Waals surface area contributed by atoms with E-state index in [2.05, 4.69) is 40.2 Å². The molecule has 1 aliphatic heterocycles. The Balaban J connectivity index is 1.43. The summed E-state index contributed by atoms with van der Waals surface area (Å²) in [5, 5.41) is 14.4. The average molecular weight is 396 g/mol. The number of benzene rings is 1. The molecular formula is C23H29N3O3. The quantitative estimate of drug-likeness (QED) is 0.755. The van der Waals surface area contributed by atoms with Gasteiger partial charge in [0.25, 0.3) is 0 Å². The third-order valence-electron chi connectivity index (χ3n) is 5.64. The summed E-state index contributed by atoms with van der Waals surface area (Å²) in [5.74, 6) is 0.925. The fraction of sp³-hybridized carbons (Fsp3) is 0.435. The molecule has 1 N–H and O–H groups in total. The number of allylic oxidation sites excluding steroid dienone is 3. The van der Waals surface area contributed by atoms with Crippen LogP contribution >= 0.6 is 0 Å². The SMILES string of the molecule is CCOC(O)c1cccc(-c2cc(C3C=CC(N4CCN(C)CC4)=CC3)no2)c1. The molecule has 1 fully saturated rings. The molecule has 4 rings (SSSR count). The molecule has 2 heterocycles. The molecule has 6 heteroatoms. The van der Waals surface area contributed by atoms with Gasteiger partial charge in [-0.1, -0.05) is 35.5 Å². The van der Waals surface area contributed by atoms with Crippen LogP contribution in [0.5, 0.6) is 0 Å². The number of piperazine rings is 1. The van der Waals surface area contributed by atoms with Crippen LogP contribution in [0.4, 0.5) is 0 Å². The van der Waals surface area contributed by atoms with E-state index in [4.69, 9.17) is 9.26 Å². The summed E-state index contributed by atoms with van der Waals surface area (Å²) in [7, 11) is 2.17. The summed E-state index contributed by atoms with van der Waals surface area (Å²) in [5.41, 5.74) is 3.84. The van der Waals surface area contributed by atoms with Crippen LogP contribution in [0.25, 0.3) is 11.3 Å². The van der Waals surface area contributed by atoms with Crippen LogP contribution < -0.4 is 0 Å². The largest absolute Gasteiger partial charge is 0.369 e. The highest BCUT2D eigenvalue weighted by Gasteiger charge is 2.21. The lowest BCUT2D eigenvalue weighted by molar-refractivity contribution is -0.0979. The number of aliphatic hydroxyl groups is 1. The molecule has 2 aromatic rings. The van der Waals surface area contributed by atoms with Gasteiger partial charge >= 0.3 is 0 Å². The summed E-state index contributed by atoms with van der Waals surface area (Å²) in [4.78, 5) is 4.82. The number of nitrogens with zero attached hydrogens (tertiary/aromatic N) is 3. The van der Waals surface area contributed by atoms with Crippen LogP contribution in [0, 0.1) is 0 Å². The lowest BCUT2D eigenvalue weighted by Crippen LogP contribution is -2.43. The van der Waals surface area contributed by atoms with E-state index in [9.17, 15) is 5.11 Å². The first kappa shape index (κ1) is 19.9. The van der Waals surface area contributed by atoms with Gasteiger partial charge in [-0.2, -0.15) is 0 Å². The van der Waals surface area contributed by atoms with E-state index in [1.54, 1.807) is 0 Å². The maximum atomic E-state index is 10.1. The van der Waals surface area contributed by atoms with E-state index in [1.165, 1.54) is 5.70 Å². The van der Waals surface area contributed by atoms with Crippen molar-refractivity contribution in [2.45, 2.75) is 25.6 Å². The van der Waals surface area contributed by atoms with Gasteiger partial charge < -0.3 is 24.2 Å². The molecule has 2 atom stereocenters. The first-order valence-corrected chi connectivity index (χ1v) is 10.3. The second-order valence-corrected chi connectivity index (χ2v) is 7.67. The van der Waals surface area contributed by atoms with Crippen LogP contribution in [-0.4, -0.2) is 59.9 Å². The summed E-state index contributed by atoms with van der Waals surface area (Å²) in [6, 6.07) is 9.56. The van der Waals surface area contributed by atoms with Crippen LogP contribution in [0.2, 0.25) is 0 Å². The van der Waals surface area contributed by atoms with Gasteiger partial charge in [-0.25, -0.2) is 0 Å². The Bertz CT molecular complexity index is 881. The molecule has 6 nitrogen and oxygen atoms in total. The lowest BCUT2D eigenvalue weighted by atomic mass is 9.95. The number of aromatic nitrogens is 1. The zero-order chi connectivity index (χ0) is 20.2. The molecule has 1 aromatic heterocycles. The second kappa shape index (κ2) is 8.95. The molecule has 0 saturated carbocycles. The Morgan fingerprint density at radius 1 is 1.24 bits per heavy atom. The molecule has 1 aliphatic carbocycles. The zero-order valence-corrected chi connectivity index (χ0v) is 17.1. The van der Waals surface area contributed by atoms with Crippen molar-refractivity contribution in [3.8, 4) is 11.3 Å². The van der Waals surface area contributed by atoms with E-state index in [0.717, 1.165) is 43.9 Å². The van der Waals surface area contributed by atoms with Gasteiger partial charge in [-0.05, 0) is 32.5 Å². The van der Waals surface area contributed by atoms with Gasteiger partial charge in [0.15, 0.2) is 12.1 Å². The van der Waals surface area contributed by atoms with Gasteiger partial charge in [-0.3, -0.25) is 0 Å². The van der Waals surface area contributed by atoms with E-state index < -0.39 is 6.29 Å². The third-order valence-corrected chi connectivity index (χ3v) is 5.64. The minimum atomic E-state index is -0.929. The third kappa shape index (κ3) is 4.61. The molecule has 0 amide bonds. The van der Waals surface area contributed by atoms with Crippen molar-refractivity contribution < 1.29 is 14.4 Å². The Kier molecular flexibility index (Phi) is 6.13. The molecule has 2 unspecified atom stereocenters. The van der Waals surface area contributed by atoms with E-state index >= 15 is 0 Å². The molecule has 1 aromatic carbocycles. The van der Waals surface area contributed by atoms with Crippen molar-refractivity contribution in [3.05, 3.63) is 65.5 Å². The number of rotatable bonds is 6. The highest BCUT2D eigenvalue weighted by molar-refractivity contribution is 5.59. The first-order valence-electron chi connectivity index (χ1n) is 10.3. The fourth-order valence-corrected chi connectivity index (χ4v) is 3.83. The first-order chi connectivity index (χ1) is 14.1. The van der Waals surface area contributed by atoms with Crippen LogP contribution in [0.1, 0.15) is 36.8 Å². The lowest BCUT2D eigenvalue weighted by Gasteiger charge is -2.35. The highest BCUT2D eigenvalue weighted by atomic mass is 16.6. The Hall–Kier alpha value is -2.41. The summed E-state index contributed by atoms with van der Waals surface area (Å²) >= 11 is 0. The normalized spacial score (nSPS) is 21.3. The number of aliphatic hydroxyl groups excluding tert-OH is 1. The van der Waals surface area contributed by atoms with Crippen molar-refractivity contribution in [1.29, 1.82) is 0 Å². The predicted molar refractivity (Wildman–Crippen MR) is 112 cm³/mol. The fourth-order valence-electron chi connectivity index (χ4n) is 3.83. The molecule has 29 heavy (non-hydrogen) atoms. The maximum absolute atomic E-state index is 10.1. The van der Waals surface area contributed by atoms with Crippen molar-refractivity contribution in [2.75, 3.05) is 39.8 Å². The van der Waals surface area contributed by atoms with Crippen molar-refractivity contribution >= 4 is 0 Å². The smallest absolute Gasteiger partial charge is 0.181 e. The predicted octanol–water partition coefficient (Wildman–Crippen LogP) is 3.54. The topological polar surface area (TPSA) is 62.0 Å². The number of hydrogen-bond acceptors (Lipinski definition) is 6. The van der Waals surface area contributed by atoms with Gasteiger partial charge in [-0.15, -0.1) is 0 Å². The van der Waals surface area contributed by atoms with Crippen molar-refractivity contribution in [3.63, 3.8) is 0 Å². The van der Waals surface area contributed by atoms with Gasteiger partial charge in [0, 0.05) is 61.6 Å². The summed E-state index contributed by atoms with van der Waals surface area (Å²) in [6.45, 7) is 6.69. The number of ether oxygens (including phenoxy) is 1. The Morgan fingerprint density at radius 3 is 2.79 bits per heavy atom. The molecule has 1 saturated heterocycles. The van der Waals surface area contributed by atoms with Gasteiger partial charge in [0.05, 0.1) is 5.69 Å². The molecule has 0 bridgehead atoms. The molecule has 2 aliphatic rings. The molecular weight excluding hydrogens is 366 g/mol. The molecule has 154 valence electrons. The Morgan fingerprint density at radius 2 is 2.07 bits per heavy atom. The standard InChI is InChI=1S/C23H29N3O3/c1-3-28-23(27)19-6-4-5-18(15-19)22-16-21(24-29-22)17-7-9-20(10-8-17)26-13-11-25(2)12-14-26/h4-7,9-10,15-17,23,27H,3,8,11-14H2,1-2H3. The van der Waals surface area contributed by atoms with Crippen molar-refractivity contribution in [2.24, 2.45) is 0 Å². The molecule has 0 radical (unpaired) electrons. The van der Waals surface area contributed by atoms with Crippen molar-refractivity contribution in [1.82, 2.24) is 15.0 Å². The monoisotopic (exact) mass is 395 g/mol. The second-order valence-electron chi connectivity index (χ2n) is 7.67. The van der Waals surface area contributed by atoms with Gasteiger partial charge in [0.2, 0.25) is 0 Å². The minimum absolute atomic E-state index is 0.223. The van der Waals surface area contributed by atoms with Crippen LogP contribution in [0.3, 0.4) is 0 Å². The number of likely N-dealkylation sites (N-methyl/N-ethyl adjacent to an activating group) is 1. The van der Waals surface area contributed by atoms with E-state index in [-0.39, 0.29) is 5.92 Å². The summed E-state index contributed by atoms with van der Waals surface area (Å²) < 4.78 is 10.9. The molecule has 0 spiro atoms. The highest BCUT2D eigenvalue weighted by Crippen LogP contribution is 2.31.